The van der Waals surface area contributed by atoms with Crippen molar-refractivity contribution in [3.63, 3.8) is 0 Å². The first-order valence-corrected chi connectivity index (χ1v) is 5.10. The molecule has 6 nitrogen and oxygen atoms in total. The fourth-order valence-corrected chi connectivity index (χ4v) is 1.36. The Labute approximate surface area is 92.7 Å². The van der Waals surface area contributed by atoms with Crippen LogP contribution in [0.4, 0.5) is 4.79 Å². The summed E-state index contributed by atoms with van der Waals surface area (Å²) in [7, 11) is 0. The molecule has 0 atom stereocenters. The summed E-state index contributed by atoms with van der Waals surface area (Å²) in [5.41, 5.74) is 0. The van der Waals surface area contributed by atoms with E-state index in [0.29, 0.717) is 6.54 Å². The molecule has 0 saturated heterocycles. The number of aromatic amines is 1. The van der Waals surface area contributed by atoms with Crippen LogP contribution in [0.5, 0.6) is 0 Å². The minimum atomic E-state index is -0.156. The second kappa shape index (κ2) is 5.11. The fourth-order valence-electron chi connectivity index (χ4n) is 1.36. The van der Waals surface area contributed by atoms with Crippen LogP contribution in [0, 0.1) is 0 Å². The summed E-state index contributed by atoms with van der Waals surface area (Å²) in [6.07, 6.45) is 9.86. The Kier molecular flexibility index (Phi) is 3.32. The highest BCUT2D eigenvalue weighted by molar-refractivity contribution is 5.76. The van der Waals surface area contributed by atoms with E-state index in [4.69, 9.17) is 0 Å². The van der Waals surface area contributed by atoms with Crippen molar-refractivity contribution in [2.45, 2.75) is 12.8 Å². The molecule has 0 fully saturated rings. The van der Waals surface area contributed by atoms with E-state index in [9.17, 15) is 4.79 Å². The van der Waals surface area contributed by atoms with Crippen LogP contribution in [-0.2, 0) is 6.42 Å². The van der Waals surface area contributed by atoms with Gasteiger partial charge in [-0.1, -0.05) is 0 Å². The minimum Gasteiger partial charge on any atom is -0.349 e. The second-order valence-electron chi connectivity index (χ2n) is 3.34. The van der Waals surface area contributed by atoms with Crippen molar-refractivity contribution in [3.05, 3.63) is 36.9 Å². The molecule has 0 aliphatic carbocycles. The number of carbonyl (C=O) groups excluding carboxylic acids is 1. The molecule has 2 N–H and O–H groups in total. The molecule has 1 amide bonds. The molecule has 2 aromatic heterocycles. The molecule has 16 heavy (non-hydrogen) atoms. The average Bonchev–Trinajstić information content (AvgIpc) is 2.96. The number of carbonyl (C=O) groups is 1. The number of hydrogen-bond acceptors (Lipinski definition) is 3. The van der Waals surface area contributed by atoms with E-state index in [1.165, 1.54) is 10.9 Å². The minimum absolute atomic E-state index is 0.156. The SMILES string of the molecule is O=C(NCCCc1ncc[nH]1)n1ccnc1. The Morgan fingerprint density at radius 1 is 1.50 bits per heavy atom. The quantitative estimate of drug-likeness (QED) is 0.747. The molecule has 0 aliphatic heterocycles. The van der Waals surface area contributed by atoms with Crippen LogP contribution in [-0.4, -0.2) is 32.1 Å². The third kappa shape index (κ3) is 2.69. The summed E-state index contributed by atoms with van der Waals surface area (Å²) in [4.78, 5) is 22.4. The van der Waals surface area contributed by atoms with Gasteiger partial charge in [0.1, 0.15) is 12.2 Å². The monoisotopic (exact) mass is 219 g/mol. The van der Waals surface area contributed by atoms with Gasteiger partial charge < -0.3 is 10.3 Å². The molecule has 2 rings (SSSR count). The van der Waals surface area contributed by atoms with Gasteiger partial charge in [0.05, 0.1) is 0 Å². The smallest absolute Gasteiger partial charge is 0.326 e. The van der Waals surface area contributed by atoms with Crippen LogP contribution < -0.4 is 5.32 Å². The molecule has 0 radical (unpaired) electrons. The van der Waals surface area contributed by atoms with Gasteiger partial charge in [-0.15, -0.1) is 0 Å². The number of H-pyrrole nitrogens is 1. The van der Waals surface area contributed by atoms with Gasteiger partial charge in [0.25, 0.3) is 0 Å². The summed E-state index contributed by atoms with van der Waals surface area (Å²) >= 11 is 0. The Morgan fingerprint density at radius 3 is 3.12 bits per heavy atom. The number of aromatic nitrogens is 4. The van der Waals surface area contributed by atoms with Crippen LogP contribution >= 0.6 is 0 Å². The average molecular weight is 219 g/mol. The van der Waals surface area contributed by atoms with Gasteiger partial charge in [-0.3, -0.25) is 4.57 Å². The molecule has 6 heteroatoms. The number of nitrogens with one attached hydrogen (secondary N) is 2. The second-order valence-corrected chi connectivity index (χ2v) is 3.34. The fraction of sp³-hybridized carbons (Fsp3) is 0.300. The van der Waals surface area contributed by atoms with Crippen molar-refractivity contribution in [1.82, 2.24) is 24.8 Å². The van der Waals surface area contributed by atoms with Crippen molar-refractivity contribution >= 4 is 6.03 Å². The van der Waals surface area contributed by atoms with Crippen LogP contribution in [0.15, 0.2) is 31.1 Å². The zero-order chi connectivity index (χ0) is 11.2. The van der Waals surface area contributed by atoms with Crippen molar-refractivity contribution in [2.75, 3.05) is 6.54 Å². The lowest BCUT2D eigenvalue weighted by molar-refractivity contribution is 0.242. The van der Waals surface area contributed by atoms with Gasteiger partial charge in [-0.25, -0.2) is 14.8 Å². The largest absolute Gasteiger partial charge is 0.349 e. The number of nitrogens with zero attached hydrogens (tertiary/aromatic N) is 3. The van der Waals surface area contributed by atoms with E-state index in [-0.39, 0.29) is 6.03 Å². The van der Waals surface area contributed by atoms with E-state index in [1.807, 2.05) is 0 Å². The van der Waals surface area contributed by atoms with E-state index < -0.39 is 0 Å². The first kappa shape index (κ1) is 10.4. The first-order chi connectivity index (χ1) is 7.86. The van der Waals surface area contributed by atoms with E-state index in [0.717, 1.165) is 18.7 Å². The molecular weight excluding hydrogens is 206 g/mol. The van der Waals surface area contributed by atoms with Gasteiger partial charge in [0.15, 0.2) is 0 Å². The summed E-state index contributed by atoms with van der Waals surface area (Å²) in [5, 5.41) is 2.79. The lowest BCUT2D eigenvalue weighted by Gasteiger charge is -2.03. The maximum Gasteiger partial charge on any atom is 0.326 e. The first-order valence-electron chi connectivity index (χ1n) is 5.10. The van der Waals surface area contributed by atoms with Gasteiger partial charge in [0, 0.05) is 37.8 Å². The Morgan fingerprint density at radius 2 is 2.44 bits per heavy atom. The number of aryl methyl sites for hydroxylation is 1. The van der Waals surface area contributed by atoms with Crippen LogP contribution in [0.2, 0.25) is 0 Å². The summed E-state index contributed by atoms with van der Waals surface area (Å²) in [5.74, 6) is 0.942. The highest BCUT2D eigenvalue weighted by Crippen LogP contribution is 1.93. The standard InChI is InChI=1S/C10H13N5O/c16-10(15-7-6-11-8-15)14-3-1-2-9-12-4-5-13-9/h4-8H,1-3H2,(H,12,13)(H,14,16). The highest BCUT2D eigenvalue weighted by Gasteiger charge is 2.01. The predicted molar refractivity (Wildman–Crippen MR) is 57.9 cm³/mol. The number of hydrogen-bond donors (Lipinski definition) is 2. The Bertz CT molecular complexity index is 420. The van der Waals surface area contributed by atoms with Gasteiger partial charge >= 0.3 is 6.03 Å². The van der Waals surface area contributed by atoms with Crippen LogP contribution in [0.1, 0.15) is 12.2 Å². The maximum atomic E-state index is 11.5. The molecule has 0 unspecified atom stereocenters. The number of rotatable bonds is 4. The normalized spacial score (nSPS) is 10.2. The topological polar surface area (TPSA) is 75.6 Å². The molecule has 0 aromatic carbocycles. The summed E-state index contributed by atoms with van der Waals surface area (Å²) < 4.78 is 1.41. The van der Waals surface area contributed by atoms with Gasteiger partial charge in [-0.2, -0.15) is 0 Å². The number of imidazole rings is 2. The van der Waals surface area contributed by atoms with Crippen molar-refractivity contribution in [1.29, 1.82) is 0 Å². The number of amides is 1. The molecule has 0 bridgehead atoms. The molecular formula is C10H13N5O. The molecule has 0 saturated carbocycles. The summed E-state index contributed by atoms with van der Waals surface area (Å²) in [6.45, 7) is 0.623. The Hall–Kier alpha value is -2.11. The molecule has 0 spiro atoms. The predicted octanol–water partition coefficient (Wildman–Crippen LogP) is 0.797. The lowest BCUT2D eigenvalue weighted by atomic mass is 10.3. The van der Waals surface area contributed by atoms with E-state index in [2.05, 4.69) is 20.3 Å². The van der Waals surface area contributed by atoms with E-state index >= 15 is 0 Å². The van der Waals surface area contributed by atoms with Crippen molar-refractivity contribution in [2.24, 2.45) is 0 Å². The van der Waals surface area contributed by atoms with Crippen molar-refractivity contribution in [3.8, 4) is 0 Å². The van der Waals surface area contributed by atoms with Gasteiger partial charge in [0.2, 0.25) is 0 Å². The maximum absolute atomic E-state index is 11.5. The highest BCUT2D eigenvalue weighted by atomic mass is 16.2. The van der Waals surface area contributed by atoms with Crippen LogP contribution in [0.3, 0.4) is 0 Å². The molecule has 0 aliphatic rings. The third-order valence-electron chi connectivity index (χ3n) is 2.16. The van der Waals surface area contributed by atoms with E-state index in [1.54, 1.807) is 24.8 Å². The lowest BCUT2D eigenvalue weighted by Crippen LogP contribution is -2.28. The van der Waals surface area contributed by atoms with Crippen LogP contribution in [0.25, 0.3) is 0 Å². The zero-order valence-corrected chi connectivity index (χ0v) is 8.76. The zero-order valence-electron chi connectivity index (χ0n) is 8.76. The molecule has 84 valence electrons. The Balaban J connectivity index is 1.67. The summed E-state index contributed by atoms with van der Waals surface area (Å²) in [6, 6.07) is -0.156. The molecule has 2 aromatic rings. The van der Waals surface area contributed by atoms with Gasteiger partial charge in [-0.05, 0) is 6.42 Å². The third-order valence-corrected chi connectivity index (χ3v) is 2.16. The molecule has 2 heterocycles. The van der Waals surface area contributed by atoms with Crippen molar-refractivity contribution < 1.29 is 4.79 Å².